The minimum absolute atomic E-state index is 0.0575. The first-order valence-corrected chi connectivity index (χ1v) is 8.60. The number of carbonyl (C=O) groups is 1. The second-order valence-corrected chi connectivity index (χ2v) is 6.87. The van der Waals surface area contributed by atoms with Crippen molar-refractivity contribution in [2.45, 2.75) is 11.8 Å². The third kappa shape index (κ3) is 4.67. The van der Waals surface area contributed by atoms with Crippen LogP contribution < -0.4 is 15.0 Å². The van der Waals surface area contributed by atoms with E-state index in [0.29, 0.717) is 5.75 Å². The summed E-state index contributed by atoms with van der Waals surface area (Å²) in [6.45, 7) is 1.40. The molecule has 2 aromatic rings. The topological polar surface area (TPSA) is 84.5 Å². The van der Waals surface area contributed by atoms with Crippen LogP contribution in [0.25, 0.3) is 0 Å². The Morgan fingerprint density at radius 1 is 1.25 bits per heavy atom. The number of nitrogens with one attached hydrogen (secondary N) is 2. The molecule has 0 saturated heterocycles. The lowest BCUT2D eigenvalue weighted by atomic mass is 10.2. The predicted octanol–water partition coefficient (Wildman–Crippen LogP) is 2.18. The van der Waals surface area contributed by atoms with Crippen molar-refractivity contribution in [1.82, 2.24) is 10.3 Å². The van der Waals surface area contributed by atoms with Crippen molar-refractivity contribution in [3.63, 3.8) is 0 Å². The fraction of sp³-hybridized carbons (Fsp3) is 0.133. The zero-order valence-electron chi connectivity index (χ0n) is 12.5. The number of carbonyl (C=O) groups excluding carboxylic acids is 1. The summed E-state index contributed by atoms with van der Waals surface area (Å²) in [5.74, 6) is -1.27. The highest BCUT2D eigenvalue weighted by molar-refractivity contribution is 7.89. The van der Waals surface area contributed by atoms with Crippen molar-refractivity contribution >= 4 is 27.5 Å². The van der Waals surface area contributed by atoms with E-state index in [1.165, 1.54) is 6.07 Å². The van der Waals surface area contributed by atoms with Gasteiger partial charge in [-0.1, -0.05) is 29.8 Å². The Labute approximate surface area is 143 Å². The van der Waals surface area contributed by atoms with Crippen LogP contribution in [0.2, 0.25) is 5.02 Å². The fourth-order valence-electron chi connectivity index (χ4n) is 1.77. The summed E-state index contributed by atoms with van der Waals surface area (Å²) in [6, 6.07) is 10.1. The number of hydrogen-bond acceptors (Lipinski definition) is 4. The first-order chi connectivity index (χ1) is 11.3. The van der Waals surface area contributed by atoms with Gasteiger partial charge in [-0.15, -0.1) is 4.83 Å². The van der Waals surface area contributed by atoms with E-state index < -0.39 is 33.3 Å². The molecule has 1 amide bonds. The SMILES string of the molecule is Cc1ccccc1OCC(=O)NNS(=O)(=O)c1ccc(Cl)cc1F. The molecule has 24 heavy (non-hydrogen) atoms. The van der Waals surface area contributed by atoms with Gasteiger partial charge in [0.05, 0.1) is 0 Å². The van der Waals surface area contributed by atoms with Crippen LogP contribution in [0.4, 0.5) is 4.39 Å². The van der Waals surface area contributed by atoms with Gasteiger partial charge in [-0.2, -0.15) is 0 Å². The van der Waals surface area contributed by atoms with E-state index in [-0.39, 0.29) is 5.02 Å². The number of hydrogen-bond donors (Lipinski definition) is 2. The number of halogens is 2. The normalized spacial score (nSPS) is 11.1. The van der Waals surface area contributed by atoms with Crippen LogP contribution in [0.5, 0.6) is 5.75 Å². The number of benzene rings is 2. The quantitative estimate of drug-likeness (QED) is 0.761. The second-order valence-electron chi connectivity index (χ2n) is 4.78. The van der Waals surface area contributed by atoms with Crippen LogP contribution in [0.15, 0.2) is 47.4 Å². The molecule has 0 heterocycles. The molecule has 0 bridgehead atoms. The van der Waals surface area contributed by atoms with Crippen molar-refractivity contribution in [2.24, 2.45) is 0 Å². The summed E-state index contributed by atoms with van der Waals surface area (Å²) in [6.07, 6.45) is 0. The van der Waals surface area contributed by atoms with Crippen LogP contribution in [0.3, 0.4) is 0 Å². The summed E-state index contributed by atoms with van der Waals surface area (Å²) >= 11 is 5.57. The first-order valence-electron chi connectivity index (χ1n) is 6.74. The van der Waals surface area contributed by atoms with Gasteiger partial charge in [0.2, 0.25) is 0 Å². The van der Waals surface area contributed by atoms with Gasteiger partial charge in [0.25, 0.3) is 15.9 Å². The molecule has 0 atom stereocenters. The van der Waals surface area contributed by atoms with E-state index in [2.05, 4.69) is 0 Å². The van der Waals surface area contributed by atoms with E-state index in [9.17, 15) is 17.6 Å². The fourth-order valence-corrected chi connectivity index (χ4v) is 2.85. The largest absolute Gasteiger partial charge is 0.483 e. The molecule has 0 unspecified atom stereocenters. The predicted molar refractivity (Wildman–Crippen MR) is 86.5 cm³/mol. The Bertz CT molecular complexity index is 858. The van der Waals surface area contributed by atoms with Crippen molar-refractivity contribution in [1.29, 1.82) is 0 Å². The third-order valence-corrected chi connectivity index (χ3v) is 4.48. The Morgan fingerprint density at radius 3 is 2.62 bits per heavy atom. The molecule has 2 aromatic carbocycles. The third-order valence-electron chi connectivity index (χ3n) is 2.96. The molecule has 9 heteroatoms. The summed E-state index contributed by atoms with van der Waals surface area (Å²) in [7, 11) is -4.27. The molecule has 0 fully saturated rings. The zero-order chi connectivity index (χ0) is 17.7. The van der Waals surface area contributed by atoms with Gasteiger partial charge >= 0.3 is 0 Å². The van der Waals surface area contributed by atoms with Crippen LogP contribution in [-0.4, -0.2) is 20.9 Å². The average molecular weight is 373 g/mol. The molecule has 2 rings (SSSR count). The number of aryl methyl sites for hydroxylation is 1. The molecule has 0 spiro atoms. The molecule has 6 nitrogen and oxygen atoms in total. The van der Waals surface area contributed by atoms with E-state index >= 15 is 0 Å². The monoisotopic (exact) mass is 372 g/mol. The Hall–Kier alpha value is -2.16. The lowest BCUT2D eigenvalue weighted by molar-refractivity contribution is -0.123. The number of rotatable bonds is 6. The van der Waals surface area contributed by atoms with Crippen LogP contribution in [-0.2, 0) is 14.8 Å². The van der Waals surface area contributed by atoms with Gasteiger partial charge in [-0.3, -0.25) is 10.2 Å². The van der Waals surface area contributed by atoms with Gasteiger partial charge in [-0.25, -0.2) is 12.8 Å². The van der Waals surface area contributed by atoms with Crippen molar-refractivity contribution in [2.75, 3.05) is 6.61 Å². The number of para-hydroxylation sites is 1. The molecule has 0 aliphatic carbocycles. The number of hydrazine groups is 1. The molecule has 0 aliphatic rings. The van der Waals surface area contributed by atoms with Crippen LogP contribution in [0, 0.1) is 12.7 Å². The Morgan fingerprint density at radius 2 is 1.96 bits per heavy atom. The second kappa shape index (κ2) is 7.61. The maximum Gasteiger partial charge on any atom is 0.272 e. The molecule has 0 aliphatic heterocycles. The van der Waals surface area contributed by atoms with Crippen molar-refractivity contribution in [3.05, 3.63) is 58.9 Å². The Balaban J connectivity index is 1.94. The minimum atomic E-state index is -4.27. The van der Waals surface area contributed by atoms with Crippen LogP contribution in [0.1, 0.15) is 5.56 Å². The van der Waals surface area contributed by atoms with Crippen LogP contribution >= 0.6 is 11.6 Å². The summed E-state index contributed by atoms with van der Waals surface area (Å²) in [4.78, 5) is 12.8. The molecule has 0 radical (unpaired) electrons. The lowest BCUT2D eigenvalue weighted by Gasteiger charge is -2.11. The molecule has 0 aromatic heterocycles. The maximum absolute atomic E-state index is 13.6. The summed E-state index contributed by atoms with van der Waals surface area (Å²) in [5.41, 5.74) is 2.78. The van der Waals surface area contributed by atoms with E-state index in [4.69, 9.17) is 16.3 Å². The molecule has 2 N–H and O–H groups in total. The highest BCUT2D eigenvalue weighted by atomic mass is 35.5. The summed E-state index contributed by atoms with van der Waals surface area (Å²) in [5, 5.41) is 0.0575. The van der Waals surface area contributed by atoms with E-state index in [1.54, 1.807) is 30.0 Å². The molecular weight excluding hydrogens is 359 g/mol. The van der Waals surface area contributed by atoms with Gasteiger partial charge in [-0.05, 0) is 36.8 Å². The molecular formula is C15H14ClFN2O4S. The minimum Gasteiger partial charge on any atom is -0.483 e. The maximum atomic E-state index is 13.6. The molecule has 128 valence electrons. The summed E-state index contributed by atoms with van der Waals surface area (Å²) < 4.78 is 42.8. The highest BCUT2D eigenvalue weighted by Gasteiger charge is 2.20. The number of ether oxygens (including phenoxy) is 1. The first kappa shape index (κ1) is 18.2. The van der Waals surface area contributed by atoms with Gasteiger partial charge in [0.15, 0.2) is 6.61 Å². The van der Waals surface area contributed by atoms with Crippen molar-refractivity contribution in [3.8, 4) is 5.75 Å². The Kier molecular flexibility index (Phi) is 5.76. The number of amides is 1. The van der Waals surface area contributed by atoms with E-state index in [0.717, 1.165) is 17.7 Å². The van der Waals surface area contributed by atoms with Crippen molar-refractivity contribution < 1.29 is 22.3 Å². The molecule has 0 saturated carbocycles. The average Bonchev–Trinajstić information content (AvgIpc) is 2.52. The van der Waals surface area contributed by atoms with Gasteiger partial charge in [0, 0.05) is 5.02 Å². The van der Waals surface area contributed by atoms with E-state index in [1.807, 2.05) is 11.5 Å². The lowest BCUT2D eigenvalue weighted by Crippen LogP contribution is -2.44. The zero-order valence-corrected chi connectivity index (χ0v) is 14.1. The van der Waals surface area contributed by atoms with Gasteiger partial charge < -0.3 is 4.74 Å². The number of sulfonamides is 1. The smallest absolute Gasteiger partial charge is 0.272 e. The highest BCUT2D eigenvalue weighted by Crippen LogP contribution is 2.18. The van der Waals surface area contributed by atoms with Gasteiger partial charge in [0.1, 0.15) is 16.5 Å². The standard InChI is InChI=1S/C15H14ClFN2O4S/c1-10-4-2-3-5-13(10)23-9-15(20)18-19-24(21,22)14-7-6-11(16)8-12(14)17/h2-8,19H,9H2,1H3,(H,18,20).